The normalized spacial score (nSPS) is 11.2. The number of halogens is 5. The van der Waals surface area contributed by atoms with Crippen LogP contribution in [0.5, 0.6) is 17.2 Å². The summed E-state index contributed by atoms with van der Waals surface area (Å²) in [5.41, 5.74) is -1.51. The van der Waals surface area contributed by atoms with Crippen molar-refractivity contribution in [3.05, 3.63) is 82.0 Å². The van der Waals surface area contributed by atoms with E-state index in [0.29, 0.717) is 10.8 Å². The van der Waals surface area contributed by atoms with Crippen LogP contribution in [0.1, 0.15) is 15.9 Å². The number of carbonyl (C=O) groups excluding carboxylic acids is 1. The Morgan fingerprint density at radius 1 is 1.13 bits per heavy atom. The standard InChI is InChI=1S/C20H13ClF4N2O4/c1-30-18-7-11(22)4-5-16(18)31-17-9-14(20(23,24)25)15(21)8-13(17)19(28)26-12-3-2-6-27(29)10-12/h2-10H,1H3,(H,26,28). The van der Waals surface area contributed by atoms with Gasteiger partial charge in [-0.3, -0.25) is 4.79 Å². The van der Waals surface area contributed by atoms with Crippen molar-refractivity contribution in [1.82, 2.24) is 0 Å². The predicted molar refractivity (Wildman–Crippen MR) is 103 cm³/mol. The number of anilines is 1. The van der Waals surface area contributed by atoms with Crippen LogP contribution in [0.3, 0.4) is 0 Å². The van der Waals surface area contributed by atoms with Crippen LogP contribution in [0.25, 0.3) is 0 Å². The molecule has 11 heteroatoms. The molecule has 0 atom stereocenters. The Balaban J connectivity index is 2.07. The summed E-state index contributed by atoms with van der Waals surface area (Å²) in [7, 11) is 1.21. The van der Waals surface area contributed by atoms with Crippen LogP contribution in [0.15, 0.2) is 54.9 Å². The first-order valence-corrected chi connectivity index (χ1v) is 8.88. The number of methoxy groups -OCH3 is 1. The summed E-state index contributed by atoms with van der Waals surface area (Å²) in [5.74, 6) is -2.30. The van der Waals surface area contributed by atoms with Gasteiger partial charge in [-0.25, -0.2) is 4.39 Å². The van der Waals surface area contributed by atoms with Crippen LogP contribution in [0, 0.1) is 11.0 Å². The van der Waals surface area contributed by atoms with Gasteiger partial charge in [0, 0.05) is 12.1 Å². The molecule has 0 aliphatic rings. The summed E-state index contributed by atoms with van der Waals surface area (Å²) in [4.78, 5) is 12.7. The van der Waals surface area contributed by atoms with Crippen molar-refractivity contribution in [1.29, 1.82) is 0 Å². The minimum Gasteiger partial charge on any atom is -0.619 e. The number of nitrogens with zero attached hydrogens (tertiary/aromatic N) is 1. The highest BCUT2D eigenvalue weighted by atomic mass is 35.5. The van der Waals surface area contributed by atoms with Gasteiger partial charge in [0.2, 0.25) is 6.20 Å². The number of nitrogens with one attached hydrogen (secondary N) is 1. The van der Waals surface area contributed by atoms with Crippen molar-refractivity contribution >= 4 is 23.2 Å². The zero-order valence-electron chi connectivity index (χ0n) is 15.7. The minimum absolute atomic E-state index is 0.0869. The number of pyridine rings is 1. The molecule has 1 N–H and O–H groups in total. The molecule has 3 aromatic rings. The third-order valence-corrected chi connectivity index (χ3v) is 4.31. The molecule has 0 unspecified atom stereocenters. The van der Waals surface area contributed by atoms with E-state index in [-0.39, 0.29) is 22.7 Å². The van der Waals surface area contributed by atoms with Crippen LogP contribution < -0.4 is 19.5 Å². The molecule has 0 bridgehead atoms. The Hall–Kier alpha value is -3.53. The number of amides is 1. The van der Waals surface area contributed by atoms with Crippen molar-refractivity contribution in [2.75, 3.05) is 12.4 Å². The molecule has 31 heavy (non-hydrogen) atoms. The number of aromatic nitrogens is 1. The third-order valence-electron chi connectivity index (χ3n) is 4.00. The molecule has 0 saturated heterocycles. The highest BCUT2D eigenvalue weighted by Crippen LogP contribution is 2.41. The second-order valence-electron chi connectivity index (χ2n) is 6.13. The number of benzene rings is 2. The zero-order chi connectivity index (χ0) is 22.8. The van der Waals surface area contributed by atoms with Crippen LogP contribution in [0.2, 0.25) is 5.02 Å². The van der Waals surface area contributed by atoms with Crippen molar-refractivity contribution in [2.24, 2.45) is 0 Å². The lowest BCUT2D eigenvalue weighted by Gasteiger charge is -2.17. The lowest BCUT2D eigenvalue weighted by Crippen LogP contribution is -2.25. The lowest BCUT2D eigenvalue weighted by molar-refractivity contribution is -0.604. The van der Waals surface area contributed by atoms with E-state index >= 15 is 0 Å². The Bertz CT molecular complexity index is 1140. The van der Waals surface area contributed by atoms with Gasteiger partial charge in [-0.05, 0) is 30.3 Å². The number of hydrogen-bond donors (Lipinski definition) is 1. The lowest BCUT2D eigenvalue weighted by atomic mass is 10.1. The van der Waals surface area contributed by atoms with Crippen molar-refractivity contribution < 1.29 is 36.6 Å². The van der Waals surface area contributed by atoms with Gasteiger partial charge in [0.1, 0.15) is 17.3 Å². The largest absolute Gasteiger partial charge is 0.619 e. The fraction of sp³-hybridized carbons (Fsp3) is 0.100. The smallest absolute Gasteiger partial charge is 0.417 e. The average molecular weight is 457 g/mol. The van der Waals surface area contributed by atoms with E-state index in [9.17, 15) is 27.6 Å². The average Bonchev–Trinajstić information content (AvgIpc) is 2.69. The van der Waals surface area contributed by atoms with Crippen LogP contribution >= 0.6 is 11.6 Å². The molecule has 2 aromatic carbocycles. The van der Waals surface area contributed by atoms with Gasteiger partial charge in [0.15, 0.2) is 17.7 Å². The molecular weight excluding hydrogens is 444 g/mol. The van der Waals surface area contributed by atoms with Crippen molar-refractivity contribution in [3.63, 3.8) is 0 Å². The van der Waals surface area contributed by atoms with Crippen LogP contribution in [-0.2, 0) is 6.18 Å². The molecule has 0 spiro atoms. The predicted octanol–water partition coefficient (Wildman–Crippen LogP) is 5.18. The second-order valence-corrected chi connectivity index (χ2v) is 6.54. The number of rotatable bonds is 5. The molecule has 1 amide bonds. The molecule has 0 fully saturated rings. The second kappa shape index (κ2) is 8.68. The van der Waals surface area contributed by atoms with Crippen LogP contribution in [0.4, 0.5) is 23.2 Å². The first-order chi connectivity index (χ1) is 14.6. The highest BCUT2D eigenvalue weighted by Gasteiger charge is 2.35. The van der Waals surface area contributed by atoms with Crippen molar-refractivity contribution in [3.8, 4) is 17.2 Å². The number of hydrogen-bond acceptors (Lipinski definition) is 4. The minimum atomic E-state index is -4.83. The maximum atomic E-state index is 13.4. The first kappa shape index (κ1) is 22.2. The van der Waals surface area contributed by atoms with E-state index in [1.807, 2.05) is 0 Å². The summed E-state index contributed by atoms with van der Waals surface area (Å²) in [6, 6.07) is 7.22. The Kier molecular flexibility index (Phi) is 6.21. The maximum absolute atomic E-state index is 13.4. The highest BCUT2D eigenvalue weighted by molar-refractivity contribution is 6.32. The van der Waals surface area contributed by atoms with Crippen LogP contribution in [-0.4, -0.2) is 13.0 Å². The van der Waals surface area contributed by atoms with E-state index in [1.165, 1.54) is 25.4 Å². The first-order valence-electron chi connectivity index (χ1n) is 8.51. The maximum Gasteiger partial charge on any atom is 0.417 e. The number of ether oxygens (including phenoxy) is 2. The Labute approximate surface area is 178 Å². The summed E-state index contributed by atoms with van der Waals surface area (Å²) >= 11 is 5.76. The summed E-state index contributed by atoms with van der Waals surface area (Å²) < 4.78 is 64.3. The molecular formula is C20H13ClF4N2O4. The fourth-order valence-electron chi connectivity index (χ4n) is 2.60. The molecule has 1 heterocycles. The molecule has 0 aliphatic carbocycles. The Morgan fingerprint density at radius 3 is 2.52 bits per heavy atom. The van der Waals surface area contributed by atoms with Gasteiger partial charge in [-0.15, -0.1) is 0 Å². The quantitative estimate of drug-likeness (QED) is 0.326. The molecule has 1 aromatic heterocycles. The fourth-order valence-corrected chi connectivity index (χ4v) is 2.87. The van der Waals surface area contributed by atoms with Gasteiger partial charge in [0.25, 0.3) is 5.91 Å². The van der Waals surface area contributed by atoms with Gasteiger partial charge in [-0.1, -0.05) is 11.6 Å². The summed E-state index contributed by atoms with van der Waals surface area (Å²) in [6.07, 6.45) is -2.60. The van der Waals surface area contributed by atoms with Gasteiger partial charge < -0.3 is 20.0 Å². The van der Waals surface area contributed by atoms with Crippen molar-refractivity contribution in [2.45, 2.75) is 6.18 Å². The summed E-state index contributed by atoms with van der Waals surface area (Å²) in [5, 5.41) is 13.0. The number of alkyl halides is 3. The third kappa shape index (κ3) is 5.15. The zero-order valence-corrected chi connectivity index (χ0v) is 16.4. The van der Waals surface area contributed by atoms with Gasteiger partial charge in [-0.2, -0.15) is 17.9 Å². The topological polar surface area (TPSA) is 74.5 Å². The molecule has 162 valence electrons. The van der Waals surface area contributed by atoms with Gasteiger partial charge in [0.05, 0.1) is 23.3 Å². The van der Waals surface area contributed by atoms with Gasteiger partial charge >= 0.3 is 6.18 Å². The van der Waals surface area contributed by atoms with E-state index in [2.05, 4.69) is 5.32 Å². The van der Waals surface area contributed by atoms with E-state index in [1.54, 1.807) is 0 Å². The van der Waals surface area contributed by atoms with E-state index < -0.39 is 34.2 Å². The molecule has 3 rings (SSSR count). The monoisotopic (exact) mass is 456 g/mol. The molecule has 0 radical (unpaired) electrons. The van der Waals surface area contributed by atoms with E-state index in [4.69, 9.17) is 21.1 Å². The SMILES string of the molecule is COc1cc(F)ccc1Oc1cc(C(F)(F)F)c(Cl)cc1C(=O)Nc1ccc[n+]([O-])c1. The van der Waals surface area contributed by atoms with E-state index in [0.717, 1.165) is 30.5 Å². The Morgan fingerprint density at radius 2 is 1.87 bits per heavy atom. The number of carbonyl (C=O) groups is 1. The molecule has 6 nitrogen and oxygen atoms in total. The summed E-state index contributed by atoms with van der Waals surface area (Å²) in [6.45, 7) is 0. The molecule has 0 saturated carbocycles. The molecule has 0 aliphatic heterocycles.